The number of esters is 1. The summed E-state index contributed by atoms with van der Waals surface area (Å²) in [5, 5.41) is 0. The number of rotatable bonds is 6. The maximum atomic E-state index is 12.3. The largest absolute Gasteiger partial charge is 0.461 e. The van der Waals surface area contributed by atoms with Gasteiger partial charge in [-0.2, -0.15) is 0 Å². The van der Waals surface area contributed by atoms with Gasteiger partial charge in [-0.25, -0.2) is 0 Å². The second-order valence-electron chi connectivity index (χ2n) is 7.06. The highest BCUT2D eigenvalue weighted by Gasteiger charge is 2.61. The standard InChI is InChI=1S/C20H25ClO2/c1-14(2)12-17-18(20(17,3)4)19(22)23-13-16-9-7-15(8-10-16)6-5-11-21/h5,7-12,17-18H,6,13H2,1-4H3/b11-5-. The summed E-state index contributed by atoms with van der Waals surface area (Å²) in [5.41, 5.74) is 4.97. The molecule has 0 aromatic heterocycles. The number of carbonyl (C=O) groups excluding carboxylic acids is 1. The Hall–Kier alpha value is -1.54. The summed E-state index contributed by atoms with van der Waals surface area (Å²) in [6, 6.07) is 8.06. The maximum Gasteiger partial charge on any atom is 0.310 e. The zero-order valence-electron chi connectivity index (χ0n) is 14.3. The minimum absolute atomic E-state index is 0.00606. The van der Waals surface area contributed by atoms with Gasteiger partial charge in [-0.3, -0.25) is 4.79 Å². The van der Waals surface area contributed by atoms with E-state index in [9.17, 15) is 4.79 Å². The van der Waals surface area contributed by atoms with Crippen LogP contribution in [0.5, 0.6) is 0 Å². The Balaban J connectivity index is 1.89. The van der Waals surface area contributed by atoms with Gasteiger partial charge in [-0.15, -0.1) is 0 Å². The summed E-state index contributed by atoms with van der Waals surface area (Å²) in [7, 11) is 0. The van der Waals surface area contributed by atoms with Crippen LogP contribution in [0, 0.1) is 17.3 Å². The van der Waals surface area contributed by atoms with Gasteiger partial charge in [-0.05, 0) is 42.7 Å². The van der Waals surface area contributed by atoms with E-state index in [0.29, 0.717) is 12.5 Å². The fraction of sp³-hybridized carbons (Fsp3) is 0.450. The molecular weight excluding hydrogens is 308 g/mol. The van der Waals surface area contributed by atoms with Crippen molar-refractivity contribution in [3.05, 3.63) is 58.7 Å². The van der Waals surface area contributed by atoms with Gasteiger partial charge in [0, 0.05) is 5.54 Å². The van der Waals surface area contributed by atoms with Gasteiger partial charge in [0.25, 0.3) is 0 Å². The van der Waals surface area contributed by atoms with Crippen LogP contribution in [0.4, 0.5) is 0 Å². The Bertz CT molecular complexity index is 607. The normalized spacial score (nSPS) is 22.0. The summed E-state index contributed by atoms with van der Waals surface area (Å²) >= 11 is 5.53. The first-order valence-corrected chi connectivity index (χ1v) is 8.44. The van der Waals surface area contributed by atoms with Gasteiger partial charge in [0.1, 0.15) is 6.61 Å². The number of benzene rings is 1. The number of halogens is 1. The maximum absolute atomic E-state index is 12.3. The van der Waals surface area contributed by atoms with E-state index in [1.165, 1.54) is 16.7 Å². The molecule has 23 heavy (non-hydrogen) atoms. The number of hydrogen-bond donors (Lipinski definition) is 0. The molecule has 0 spiro atoms. The Kier molecular flexibility index (Phi) is 5.69. The van der Waals surface area contributed by atoms with E-state index in [1.807, 2.05) is 30.3 Å². The molecule has 2 nitrogen and oxygen atoms in total. The Morgan fingerprint density at radius 3 is 2.39 bits per heavy atom. The van der Waals surface area contributed by atoms with Crippen molar-refractivity contribution in [2.75, 3.05) is 0 Å². The van der Waals surface area contributed by atoms with Crippen LogP contribution in [0.15, 0.2) is 47.5 Å². The van der Waals surface area contributed by atoms with E-state index in [4.69, 9.17) is 16.3 Å². The summed E-state index contributed by atoms with van der Waals surface area (Å²) in [4.78, 5) is 12.3. The minimum atomic E-state index is -0.0911. The first-order chi connectivity index (χ1) is 10.9. The summed E-state index contributed by atoms with van der Waals surface area (Å²) < 4.78 is 5.52. The van der Waals surface area contributed by atoms with E-state index < -0.39 is 0 Å². The van der Waals surface area contributed by atoms with E-state index in [0.717, 1.165) is 12.0 Å². The van der Waals surface area contributed by atoms with Crippen molar-refractivity contribution >= 4 is 17.6 Å². The third kappa shape index (κ3) is 4.48. The SMILES string of the molecule is CC(C)=CC1C(C(=O)OCc2ccc(C/C=C\Cl)cc2)C1(C)C. The van der Waals surface area contributed by atoms with Crippen LogP contribution in [-0.4, -0.2) is 5.97 Å². The van der Waals surface area contributed by atoms with Gasteiger partial charge in [0.15, 0.2) is 0 Å². The monoisotopic (exact) mass is 332 g/mol. The molecule has 0 radical (unpaired) electrons. The van der Waals surface area contributed by atoms with E-state index >= 15 is 0 Å². The van der Waals surface area contributed by atoms with E-state index in [-0.39, 0.29) is 17.3 Å². The third-order valence-electron chi connectivity index (χ3n) is 4.52. The van der Waals surface area contributed by atoms with Gasteiger partial charge >= 0.3 is 5.97 Å². The molecule has 1 aliphatic carbocycles. The highest BCUT2D eigenvalue weighted by molar-refractivity contribution is 6.25. The molecule has 0 heterocycles. The predicted molar refractivity (Wildman–Crippen MR) is 95.1 cm³/mol. The Labute approximate surface area is 144 Å². The molecule has 0 N–H and O–H groups in total. The molecular formula is C20H25ClO2. The number of carbonyl (C=O) groups is 1. The second-order valence-corrected chi connectivity index (χ2v) is 7.31. The summed E-state index contributed by atoms with van der Waals surface area (Å²) in [6.07, 6.45) is 4.89. The average molecular weight is 333 g/mol. The first-order valence-electron chi connectivity index (χ1n) is 8.01. The Morgan fingerprint density at radius 1 is 1.22 bits per heavy atom. The van der Waals surface area contributed by atoms with Gasteiger partial charge in [-0.1, -0.05) is 67.4 Å². The van der Waals surface area contributed by atoms with Crippen LogP contribution >= 0.6 is 11.6 Å². The van der Waals surface area contributed by atoms with Crippen LogP contribution < -0.4 is 0 Å². The van der Waals surface area contributed by atoms with Crippen LogP contribution in [0.2, 0.25) is 0 Å². The summed E-state index contributed by atoms with van der Waals surface area (Å²) in [6.45, 7) is 8.72. The Morgan fingerprint density at radius 2 is 1.83 bits per heavy atom. The van der Waals surface area contributed by atoms with Crippen LogP contribution in [0.1, 0.15) is 38.8 Å². The van der Waals surface area contributed by atoms with Gasteiger partial charge in [0.05, 0.1) is 5.92 Å². The number of ether oxygens (including phenoxy) is 1. The van der Waals surface area contributed by atoms with Gasteiger partial charge in [0.2, 0.25) is 0 Å². The smallest absolute Gasteiger partial charge is 0.310 e. The quantitative estimate of drug-likeness (QED) is 0.524. The van der Waals surface area contributed by atoms with E-state index in [1.54, 1.807) is 0 Å². The topological polar surface area (TPSA) is 26.3 Å². The molecule has 1 aromatic rings. The molecule has 0 aliphatic heterocycles. The molecule has 1 aromatic carbocycles. The molecule has 0 amide bonds. The van der Waals surface area contributed by atoms with Crippen LogP contribution in [0.25, 0.3) is 0 Å². The second kappa shape index (κ2) is 7.35. The van der Waals surface area contributed by atoms with E-state index in [2.05, 4.69) is 33.8 Å². The molecule has 0 bridgehead atoms. The fourth-order valence-corrected chi connectivity index (χ4v) is 3.08. The fourth-order valence-electron chi connectivity index (χ4n) is 2.99. The average Bonchev–Trinajstić information content (AvgIpc) is 3.03. The molecule has 2 rings (SSSR count). The molecule has 0 saturated heterocycles. The zero-order valence-corrected chi connectivity index (χ0v) is 15.1. The number of allylic oxidation sites excluding steroid dienone is 3. The van der Waals surface area contributed by atoms with Crippen molar-refractivity contribution < 1.29 is 9.53 Å². The van der Waals surface area contributed by atoms with Crippen molar-refractivity contribution in [1.82, 2.24) is 0 Å². The lowest BCUT2D eigenvalue weighted by Gasteiger charge is -2.06. The van der Waals surface area contributed by atoms with Crippen molar-refractivity contribution in [3.63, 3.8) is 0 Å². The molecule has 1 aliphatic rings. The van der Waals surface area contributed by atoms with Crippen molar-refractivity contribution in [3.8, 4) is 0 Å². The van der Waals surface area contributed by atoms with Crippen LogP contribution in [0.3, 0.4) is 0 Å². The number of hydrogen-bond acceptors (Lipinski definition) is 2. The van der Waals surface area contributed by atoms with Crippen LogP contribution in [-0.2, 0) is 22.6 Å². The molecule has 1 fully saturated rings. The minimum Gasteiger partial charge on any atom is -0.461 e. The predicted octanol–water partition coefficient (Wildman–Crippen LogP) is 5.26. The van der Waals surface area contributed by atoms with Crippen molar-refractivity contribution in [2.45, 2.75) is 40.7 Å². The molecule has 124 valence electrons. The molecule has 1 saturated carbocycles. The lowest BCUT2D eigenvalue weighted by atomic mass is 10.1. The first kappa shape index (κ1) is 17.8. The zero-order chi connectivity index (χ0) is 17.0. The molecule has 2 atom stereocenters. The van der Waals surface area contributed by atoms with Crippen molar-refractivity contribution in [2.24, 2.45) is 17.3 Å². The lowest BCUT2D eigenvalue weighted by Crippen LogP contribution is -2.10. The highest BCUT2D eigenvalue weighted by Crippen LogP contribution is 2.59. The molecule has 3 heteroatoms. The third-order valence-corrected chi connectivity index (χ3v) is 4.70. The molecule has 2 unspecified atom stereocenters. The lowest BCUT2D eigenvalue weighted by molar-refractivity contribution is -0.147. The highest BCUT2D eigenvalue weighted by atomic mass is 35.5. The van der Waals surface area contributed by atoms with Gasteiger partial charge < -0.3 is 4.74 Å². The summed E-state index contributed by atoms with van der Waals surface area (Å²) in [5.74, 6) is 0.182. The van der Waals surface area contributed by atoms with Crippen molar-refractivity contribution in [1.29, 1.82) is 0 Å².